The van der Waals surface area contributed by atoms with Crippen molar-refractivity contribution in [1.82, 2.24) is 5.32 Å². The minimum atomic E-state index is -0.00525. The van der Waals surface area contributed by atoms with E-state index in [9.17, 15) is 4.79 Å². The summed E-state index contributed by atoms with van der Waals surface area (Å²) in [6.45, 7) is 2.87. The fourth-order valence-electron chi connectivity index (χ4n) is 2.07. The largest absolute Gasteiger partial charge is 0.307 e. The molecule has 16 heavy (non-hydrogen) atoms. The second-order valence-corrected chi connectivity index (χ2v) is 4.74. The fraction of sp³-hybridized carbons (Fsp3) is 0.462. The van der Waals surface area contributed by atoms with Crippen LogP contribution in [-0.2, 0) is 0 Å². The highest BCUT2D eigenvalue weighted by Gasteiger charge is 2.21. The maximum atomic E-state index is 12.2. The Bertz CT molecular complexity index is 397. The first-order chi connectivity index (χ1) is 7.68. The molecule has 0 aliphatic carbocycles. The molecule has 0 spiro atoms. The van der Waals surface area contributed by atoms with E-state index in [1.807, 2.05) is 19.1 Å². The van der Waals surface area contributed by atoms with Crippen molar-refractivity contribution in [3.8, 4) is 0 Å². The van der Waals surface area contributed by atoms with Gasteiger partial charge in [-0.2, -0.15) is 0 Å². The SMILES string of the molecule is Cc1cc(C(=O)C2CCCCN2)ccc1Cl. The number of aryl methyl sites for hydroxylation is 1. The lowest BCUT2D eigenvalue weighted by Gasteiger charge is -2.22. The van der Waals surface area contributed by atoms with Crippen molar-refractivity contribution < 1.29 is 4.79 Å². The number of Topliss-reactive ketones (excluding diaryl/α,β-unsaturated/α-hetero) is 1. The predicted molar refractivity (Wildman–Crippen MR) is 66.2 cm³/mol. The molecule has 0 bridgehead atoms. The highest BCUT2D eigenvalue weighted by Crippen LogP contribution is 2.19. The summed E-state index contributed by atoms with van der Waals surface area (Å²) in [5, 5.41) is 3.98. The van der Waals surface area contributed by atoms with Crippen LogP contribution in [0, 0.1) is 6.92 Å². The summed E-state index contributed by atoms with van der Waals surface area (Å²) >= 11 is 5.94. The first-order valence-corrected chi connectivity index (χ1v) is 6.10. The van der Waals surface area contributed by atoms with E-state index in [1.54, 1.807) is 6.07 Å². The van der Waals surface area contributed by atoms with Gasteiger partial charge in [-0.3, -0.25) is 4.79 Å². The number of rotatable bonds is 2. The fourth-order valence-corrected chi connectivity index (χ4v) is 2.19. The summed E-state index contributed by atoms with van der Waals surface area (Å²) in [4.78, 5) is 12.2. The Hall–Kier alpha value is -0.860. The normalized spacial score (nSPS) is 20.8. The Morgan fingerprint density at radius 2 is 2.25 bits per heavy atom. The van der Waals surface area contributed by atoms with Crippen LogP contribution in [0.2, 0.25) is 5.02 Å². The van der Waals surface area contributed by atoms with Crippen LogP contribution in [0.15, 0.2) is 18.2 Å². The van der Waals surface area contributed by atoms with Crippen LogP contribution in [0.3, 0.4) is 0 Å². The summed E-state index contributed by atoms with van der Waals surface area (Å²) in [5.74, 6) is 0.194. The zero-order chi connectivity index (χ0) is 11.5. The first-order valence-electron chi connectivity index (χ1n) is 5.72. The van der Waals surface area contributed by atoms with E-state index in [4.69, 9.17) is 11.6 Å². The number of piperidine rings is 1. The van der Waals surface area contributed by atoms with Crippen molar-refractivity contribution in [2.45, 2.75) is 32.2 Å². The number of benzene rings is 1. The summed E-state index contributed by atoms with van der Waals surface area (Å²) in [6, 6.07) is 5.48. The number of carbonyl (C=O) groups excluding carboxylic acids is 1. The second kappa shape index (κ2) is 4.98. The number of halogens is 1. The number of hydrogen-bond acceptors (Lipinski definition) is 2. The molecule has 86 valence electrons. The number of ketones is 1. The Kier molecular flexibility index (Phi) is 3.62. The molecule has 0 saturated carbocycles. The summed E-state index contributed by atoms with van der Waals surface area (Å²) in [5.41, 5.74) is 1.73. The van der Waals surface area contributed by atoms with Crippen LogP contribution in [0.1, 0.15) is 35.2 Å². The molecule has 0 radical (unpaired) electrons. The van der Waals surface area contributed by atoms with Gasteiger partial charge in [0, 0.05) is 10.6 Å². The van der Waals surface area contributed by atoms with Crippen LogP contribution in [-0.4, -0.2) is 18.4 Å². The van der Waals surface area contributed by atoms with Gasteiger partial charge in [-0.1, -0.05) is 18.0 Å². The van der Waals surface area contributed by atoms with Gasteiger partial charge in [0.25, 0.3) is 0 Å². The molecule has 1 saturated heterocycles. The van der Waals surface area contributed by atoms with E-state index in [1.165, 1.54) is 6.42 Å². The van der Waals surface area contributed by atoms with Crippen LogP contribution in [0.5, 0.6) is 0 Å². The standard InChI is InChI=1S/C13H16ClNO/c1-9-8-10(5-6-11(9)14)13(16)12-4-2-3-7-15-12/h5-6,8,12,15H,2-4,7H2,1H3. The van der Waals surface area contributed by atoms with Crippen LogP contribution in [0.4, 0.5) is 0 Å². The average Bonchev–Trinajstić information content (AvgIpc) is 2.33. The second-order valence-electron chi connectivity index (χ2n) is 4.33. The molecule has 3 heteroatoms. The van der Waals surface area contributed by atoms with Crippen molar-refractivity contribution in [3.63, 3.8) is 0 Å². The number of nitrogens with one attached hydrogen (secondary N) is 1. The summed E-state index contributed by atoms with van der Waals surface area (Å²) < 4.78 is 0. The van der Waals surface area contributed by atoms with E-state index in [0.29, 0.717) is 5.02 Å². The Balaban J connectivity index is 2.16. The highest BCUT2D eigenvalue weighted by molar-refractivity contribution is 6.31. The molecule has 1 atom stereocenters. The smallest absolute Gasteiger partial charge is 0.179 e. The lowest BCUT2D eigenvalue weighted by atomic mass is 9.96. The summed E-state index contributed by atoms with van der Waals surface area (Å²) in [7, 11) is 0. The number of carbonyl (C=O) groups is 1. The molecule has 1 aromatic rings. The van der Waals surface area contributed by atoms with Gasteiger partial charge in [0.1, 0.15) is 0 Å². The van der Waals surface area contributed by atoms with Crippen molar-refractivity contribution in [2.75, 3.05) is 6.54 Å². The molecular formula is C13H16ClNO. The zero-order valence-electron chi connectivity index (χ0n) is 9.42. The Morgan fingerprint density at radius 1 is 1.44 bits per heavy atom. The lowest BCUT2D eigenvalue weighted by Crippen LogP contribution is -2.40. The quantitative estimate of drug-likeness (QED) is 0.802. The third-order valence-electron chi connectivity index (χ3n) is 3.07. The van der Waals surface area contributed by atoms with Gasteiger partial charge in [-0.25, -0.2) is 0 Å². The van der Waals surface area contributed by atoms with E-state index in [0.717, 1.165) is 30.5 Å². The third kappa shape index (κ3) is 2.45. The minimum absolute atomic E-state index is 0.00525. The lowest BCUT2D eigenvalue weighted by molar-refractivity contribution is 0.0927. The topological polar surface area (TPSA) is 29.1 Å². The van der Waals surface area contributed by atoms with Crippen LogP contribution < -0.4 is 5.32 Å². The molecule has 1 aliphatic rings. The third-order valence-corrected chi connectivity index (χ3v) is 3.49. The van der Waals surface area contributed by atoms with Crippen molar-refractivity contribution in [3.05, 3.63) is 34.3 Å². The van der Waals surface area contributed by atoms with Crippen LogP contribution >= 0.6 is 11.6 Å². The molecule has 2 nitrogen and oxygen atoms in total. The molecule has 1 N–H and O–H groups in total. The number of hydrogen-bond donors (Lipinski definition) is 1. The molecule has 1 aromatic carbocycles. The van der Waals surface area contributed by atoms with E-state index in [2.05, 4.69) is 5.32 Å². The van der Waals surface area contributed by atoms with Gasteiger partial charge in [-0.05, 0) is 50.1 Å². The van der Waals surface area contributed by atoms with Crippen LogP contribution in [0.25, 0.3) is 0 Å². The Morgan fingerprint density at radius 3 is 2.88 bits per heavy atom. The first kappa shape index (κ1) is 11.6. The van der Waals surface area contributed by atoms with E-state index < -0.39 is 0 Å². The van der Waals surface area contributed by atoms with Gasteiger partial charge in [0.05, 0.1) is 6.04 Å². The monoisotopic (exact) mass is 237 g/mol. The molecule has 1 heterocycles. The van der Waals surface area contributed by atoms with Gasteiger partial charge in [0.15, 0.2) is 5.78 Å². The predicted octanol–water partition coefficient (Wildman–Crippen LogP) is 2.97. The molecule has 1 fully saturated rings. The summed E-state index contributed by atoms with van der Waals surface area (Å²) in [6.07, 6.45) is 3.25. The van der Waals surface area contributed by atoms with Crippen molar-refractivity contribution in [1.29, 1.82) is 0 Å². The van der Waals surface area contributed by atoms with Gasteiger partial charge < -0.3 is 5.32 Å². The maximum absolute atomic E-state index is 12.2. The Labute approximate surface area is 101 Å². The molecule has 0 aromatic heterocycles. The van der Waals surface area contributed by atoms with E-state index >= 15 is 0 Å². The molecule has 0 amide bonds. The van der Waals surface area contributed by atoms with Gasteiger partial charge >= 0.3 is 0 Å². The highest BCUT2D eigenvalue weighted by atomic mass is 35.5. The zero-order valence-corrected chi connectivity index (χ0v) is 10.2. The average molecular weight is 238 g/mol. The molecule has 1 aliphatic heterocycles. The minimum Gasteiger partial charge on any atom is -0.307 e. The van der Waals surface area contributed by atoms with E-state index in [-0.39, 0.29) is 11.8 Å². The van der Waals surface area contributed by atoms with Gasteiger partial charge in [0.2, 0.25) is 0 Å². The van der Waals surface area contributed by atoms with Crippen molar-refractivity contribution >= 4 is 17.4 Å². The molecule has 1 unspecified atom stereocenters. The molecular weight excluding hydrogens is 222 g/mol. The maximum Gasteiger partial charge on any atom is 0.179 e. The van der Waals surface area contributed by atoms with Gasteiger partial charge in [-0.15, -0.1) is 0 Å². The molecule has 2 rings (SSSR count). The van der Waals surface area contributed by atoms with Crippen molar-refractivity contribution in [2.24, 2.45) is 0 Å².